The number of hydrogen-bond donors (Lipinski definition) is 1. The number of nitrogens with one attached hydrogen (secondary N) is 1. The smallest absolute Gasteiger partial charge is 0.113 e. The van der Waals surface area contributed by atoms with Gasteiger partial charge in [0, 0.05) is 30.1 Å². The standard InChI is InChI=1S/C15H26N2OS/c1-6-14(5)10-15(7-8-18-14,17-11(2)3)13-16-12(4)9-19-13/h9,11,17H,6-8,10H2,1-5H3. The average Bonchev–Trinajstić information content (AvgIpc) is 2.76. The highest BCUT2D eigenvalue weighted by atomic mass is 32.1. The predicted octanol–water partition coefficient (Wildman–Crippen LogP) is 3.62. The topological polar surface area (TPSA) is 34.2 Å². The van der Waals surface area contributed by atoms with Crippen LogP contribution in [0.1, 0.15) is 57.7 Å². The van der Waals surface area contributed by atoms with Crippen LogP contribution in [-0.4, -0.2) is 23.2 Å². The van der Waals surface area contributed by atoms with Gasteiger partial charge >= 0.3 is 0 Å². The van der Waals surface area contributed by atoms with Crippen molar-refractivity contribution < 1.29 is 4.74 Å². The maximum absolute atomic E-state index is 6.02. The van der Waals surface area contributed by atoms with E-state index in [0.717, 1.165) is 31.6 Å². The number of thiazole rings is 1. The lowest BCUT2D eigenvalue weighted by atomic mass is 9.79. The first-order valence-electron chi connectivity index (χ1n) is 7.23. The molecule has 1 fully saturated rings. The molecular formula is C15H26N2OS. The van der Waals surface area contributed by atoms with Gasteiger partial charge in [0.05, 0.1) is 11.1 Å². The molecule has 1 saturated heterocycles. The van der Waals surface area contributed by atoms with Gasteiger partial charge in [0.15, 0.2) is 0 Å². The number of hydrogen-bond acceptors (Lipinski definition) is 4. The molecule has 0 saturated carbocycles. The van der Waals surface area contributed by atoms with Crippen LogP contribution in [0.5, 0.6) is 0 Å². The van der Waals surface area contributed by atoms with Gasteiger partial charge in [-0.1, -0.05) is 6.92 Å². The van der Waals surface area contributed by atoms with Crippen molar-refractivity contribution in [3.8, 4) is 0 Å². The summed E-state index contributed by atoms with van der Waals surface area (Å²) in [5, 5.41) is 7.16. The molecule has 0 bridgehead atoms. The summed E-state index contributed by atoms with van der Waals surface area (Å²) in [5.74, 6) is 0. The fourth-order valence-electron chi connectivity index (χ4n) is 2.97. The second-order valence-corrected chi connectivity index (χ2v) is 7.11. The van der Waals surface area contributed by atoms with Crippen molar-refractivity contribution in [3.63, 3.8) is 0 Å². The fourth-order valence-corrected chi connectivity index (χ4v) is 3.96. The molecule has 2 atom stereocenters. The molecule has 0 aromatic carbocycles. The van der Waals surface area contributed by atoms with Gasteiger partial charge in [0.1, 0.15) is 5.01 Å². The van der Waals surface area contributed by atoms with E-state index in [2.05, 4.69) is 45.3 Å². The Labute approximate surface area is 120 Å². The third kappa shape index (κ3) is 3.18. The molecule has 1 N–H and O–H groups in total. The Balaban J connectivity index is 2.34. The summed E-state index contributed by atoms with van der Waals surface area (Å²) in [7, 11) is 0. The van der Waals surface area contributed by atoms with Crippen molar-refractivity contribution in [2.75, 3.05) is 6.61 Å². The normalized spacial score (nSPS) is 31.9. The zero-order valence-electron chi connectivity index (χ0n) is 12.7. The molecular weight excluding hydrogens is 256 g/mol. The summed E-state index contributed by atoms with van der Waals surface area (Å²) in [6.07, 6.45) is 3.05. The van der Waals surface area contributed by atoms with Crippen molar-refractivity contribution in [2.45, 2.75) is 71.1 Å². The third-order valence-corrected chi connectivity index (χ3v) is 5.16. The Bertz CT molecular complexity index is 432. The first-order valence-corrected chi connectivity index (χ1v) is 8.11. The Kier molecular flexibility index (Phi) is 4.33. The van der Waals surface area contributed by atoms with Crippen LogP contribution in [0.2, 0.25) is 0 Å². The zero-order valence-corrected chi connectivity index (χ0v) is 13.6. The van der Waals surface area contributed by atoms with Gasteiger partial charge in [-0.05, 0) is 40.5 Å². The Morgan fingerprint density at radius 3 is 2.79 bits per heavy atom. The first-order chi connectivity index (χ1) is 8.89. The van der Waals surface area contributed by atoms with E-state index in [1.165, 1.54) is 5.01 Å². The lowest BCUT2D eigenvalue weighted by Gasteiger charge is -2.46. The summed E-state index contributed by atoms with van der Waals surface area (Å²) in [4.78, 5) is 4.76. The van der Waals surface area contributed by atoms with Gasteiger partial charge in [0.25, 0.3) is 0 Å². The minimum atomic E-state index is -0.0419. The minimum Gasteiger partial charge on any atom is -0.375 e. The van der Waals surface area contributed by atoms with E-state index in [-0.39, 0.29) is 11.1 Å². The molecule has 1 aliphatic heterocycles. The second kappa shape index (κ2) is 5.51. The van der Waals surface area contributed by atoms with Crippen molar-refractivity contribution in [2.24, 2.45) is 0 Å². The molecule has 19 heavy (non-hydrogen) atoms. The van der Waals surface area contributed by atoms with Gasteiger partial charge in [-0.25, -0.2) is 4.98 Å². The maximum Gasteiger partial charge on any atom is 0.113 e. The lowest BCUT2D eigenvalue weighted by molar-refractivity contribution is -0.105. The number of aromatic nitrogens is 1. The van der Waals surface area contributed by atoms with Crippen molar-refractivity contribution in [1.82, 2.24) is 10.3 Å². The van der Waals surface area contributed by atoms with E-state index in [9.17, 15) is 0 Å². The van der Waals surface area contributed by atoms with E-state index in [1.807, 2.05) is 0 Å². The Morgan fingerprint density at radius 2 is 2.26 bits per heavy atom. The van der Waals surface area contributed by atoms with Gasteiger partial charge < -0.3 is 10.1 Å². The maximum atomic E-state index is 6.02. The predicted molar refractivity (Wildman–Crippen MR) is 80.7 cm³/mol. The van der Waals surface area contributed by atoms with Crippen molar-refractivity contribution >= 4 is 11.3 Å². The monoisotopic (exact) mass is 282 g/mol. The first kappa shape index (κ1) is 14.9. The molecule has 1 aromatic rings. The molecule has 2 unspecified atom stereocenters. The highest BCUT2D eigenvalue weighted by Gasteiger charge is 2.45. The molecule has 0 amide bonds. The van der Waals surface area contributed by atoms with Crippen LogP contribution in [-0.2, 0) is 10.3 Å². The minimum absolute atomic E-state index is 0.0178. The molecule has 2 rings (SSSR count). The average molecular weight is 282 g/mol. The molecule has 1 aliphatic rings. The third-order valence-electron chi connectivity index (χ3n) is 4.00. The molecule has 2 heterocycles. The molecule has 0 radical (unpaired) electrons. The van der Waals surface area contributed by atoms with Crippen LogP contribution >= 0.6 is 11.3 Å². The molecule has 0 aliphatic carbocycles. The highest BCUT2D eigenvalue weighted by molar-refractivity contribution is 7.09. The molecule has 1 aromatic heterocycles. The van der Waals surface area contributed by atoms with Gasteiger partial charge in [-0.15, -0.1) is 11.3 Å². The van der Waals surface area contributed by atoms with Crippen LogP contribution in [0, 0.1) is 6.92 Å². The number of ether oxygens (including phenoxy) is 1. The Hall–Kier alpha value is -0.450. The SMILES string of the molecule is CCC1(C)CC(NC(C)C)(c2nc(C)cs2)CCO1. The summed E-state index contributed by atoms with van der Waals surface area (Å²) >= 11 is 1.78. The van der Waals surface area contributed by atoms with Gasteiger partial charge in [0.2, 0.25) is 0 Å². The molecule has 0 spiro atoms. The zero-order chi connectivity index (χ0) is 14.1. The quantitative estimate of drug-likeness (QED) is 0.916. The lowest BCUT2D eigenvalue weighted by Crippen LogP contribution is -2.55. The molecule has 4 heteroatoms. The second-order valence-electron chi connectivity index (χ2n) is 6.25. The van der Waals surface area contributed by atoms with Crippen molar-refractivity contribution in [3.05, 3.63) is 16.1 Å². The molecule has 3 nitrogen and oxygen atoms in total. The van der Waals surface area contributed by atoms with E-state index >= 15 is 0 Å². The van der Waals surface area contributed by atoms with E-state index < -0.39 is 0 Å². The highest BCUT2D eigenvalue weighted by Crippen LogP contribution is 2.42. The van der Waals surface area contributed by atoms with Gasteiger partial charge in [-0.3, -0.25) is 0 Å². The van der Waals surface area contributed by atoms with E-state index in [0.29, 0.717) is 6.04 Å². The number of nitrogens with zero attached hydrogens (tertiary/aromatic N) is 1. The number of rotatable bonds is 4. The van der Waals surface area contributed by atoms with Crippen LogP contribution in [0.3, 0.4) is 0 Å². The van der Waals surface area contributed by atoms with Crippen LogP contribution in [0.25, 0.3) is 0 Å². The summed E-state index contributed by atoms with van der Waals surface area (Å²) < 4.78 is 6.02. The summed E-state index contributed by atoms with van der Waals surface area (Å²) in [5.41, 5.74) is 1.06. The van der Waals surface area contributed by atoms with Crippen molar-refractivity contribution in [1.29, 1.82) is 0 Å². The van der Waals surface area contributed by atoms with Crippen LogP contribution < -0.4 is 5.32 Å². The fraction of sp³-hybridized carbons (Fsp3) is 0.800. The largest absolute Gasteiger partial charge is 0.375 e. The van der Waals surface area contributed by atoms with Crippen LogP contribution in [0.15, 0.2) is 5.38 Å². The van der Waals surface area contributed by atoms with Gasteiger partial charge in [-0.2, -0.15) is 0 Å². The summed E-state index contributed by atoms with van der Waals surface area (Å²) in [6.45, 7) is 11.7. The van der Waals surface area contributed by atoms with Crippen LogP contribution in [0.4, 0.5) is 0 Å². The Morgan fingerprint density at radius 1 is 1.53 bits per heavy atom. The number of aryl methyl sites for hydroxylation is 1. The van der Waals surface area contributed by atoms with E-state index in [1.54, 1.807) is 11.3 Å². The van der Waals surface area contributed by atoms with E-state index in [4.69, 9.17) is 9.72 Å². The molecule has 108 valence electrons. The summed E-state index contributed by atoms with van der Waals surface area (Å²) in [6, 6.07) is 0.448.